The van der Waals surface area contributed by atoms with Crippen LogP contribution < -0.4 is 10.1 Å². The zero-order valence-electron chi connectivity index (χ0n) is 15.0. The largest absolute Gasteiger partial charge is 0.496 e. The molecule has 0 aromatic heterocycles. The van der Waals surface area contributed by atoms with Crippen LogP contribution in [0.3, 0.4) is 0 Å². The number of carbonyl (C=O) groups is 2. The number of nitrogens with zero attached hydrogens (tertiary/aromatic N) is 1. The molecule has 2 aromatic rings. The average molecular weight is 356 g/mol. The van der Waals surface area contributed by atoms with E-state index in [1.165, 1.54) is 12.1 Å². The third-order valence-corrected chi connectivity index (χ3v) is 4.57. The van der Waals surface area contributed by atoms with Gasteiger partial charge in [-0.15, -0.1) is 0 Å². The molecule has 26 heavy (non-hydrogen) atoms. The van der Waals surface area contributed by atoms with Crippen molar-refractivity contribution < 1.29 is 18.7 Å². The number of ether oxygens (including phenoxy) is 1. The molecular formula is C20H21FN2O3. The van der Waals surface area contributed by atoms with Crippen molar-refractivity contribution in [1.29, 1.82) is 0 Å². The molecule has 5 nitrogen and oxygen atoms in total. The maximum atomic E-state index is 13.5. The minimum atomic E-state index is -0.625. The third-order valence-electron chi connectivity index (χ3n) is 4.57. The molecule has 3 rings (SSSR count). The van der Waals surface area contributed by atoms with Crippen molar-refractivity contribution in [3.8, 4) is 5.75 Å². The molecule has 136 valence electrons. The van der Waals surface area contributed by atoms with E-state index in [0.717, 1.165) is 11.1 Å². The van der Waals surface area contributed by atoms with Crippen molar-refractivity contribution in [2.75, 3.05) is 19.5 Å². The highest BCUT2D eigenvalue weighted by atomic mass is 19.1. The predicted octanol–water partition coefficient (Wildman–Crippen LogP) is 3.23. The van der Waals surface area contributed by atoms with E-state index in [9.17, 15) is 14.0 Å². The number of halogens is 1. The van der Waals surface area contributed by atoms with Crippen LogP contribution in [0.1, 0.15) is 29.0 Å². The second kappa shape index (κ2) is 7.15. The number of fused-ring (bicyclic) bond motifs is 1. The number of hydrogen-bond acceptors (Lipinski definition) is 3. The van der Waals surface area contributed by atoms with Crippen molar-refractivity contribution in [2.24, 2.45) is 0 Å². The number of hydrogen-bond donors (Lipinski definition) is 1. The summed E-state index contributed by atoms with van der Waals surface area (Å²) in [4.78, 5) is 26.5. The van der Waals surface area contributed by atoms with E-state index in [1.54, 1.807) is 25.1 Å². The zero-order valence-corrected chi connectivity index (χ0v) is 15.0. The Kier molecular flexibility index (Phi) is 4.93. The fourth-order valence-corrected chi connectivity index (χ4v) is 3.29. The van der Waals surface area contributed by atoms with Crippen LogP contribution in [0.4, 0.5) is 10.1 Å². The topological polar surface area (TPSA) is 58.6 Å². The number of rotatable bonds is 4. The number of anilines is 1. The summed E-state index contributed by atoms with van der Waals surface area (Å²) in [5.74, 6) is -0.839. The quantitative estimate of drug-likeness (QED) is 0.915. The zero-order chi connectivity index (χ0) is 18.8. The summed E-state index contributed by atoms with van der Waals surface area (Å²) >= 11 is 0. The van der Waals surface area contributed by atoms with Crippen LogP contribution in [0.25, 0.3) is 0 Å². The fraction of sp³-hybridized carbons (Fsp3) is 0.300. The molecule has 1 N–H and O–H groups in total. The molecule has 1 aliphatic heterocycles. The first-order valence-corrected chi connectivity index (χ1v) is 8.37. The third kappa shape index (κ3) is 3.54. The Labute approximate surface area is 151 Å². The van der Waals surface area contributed by atoms with Gasteiger partial charge in [-0.3, -0.25) is 9.59 Å². The van der Waals surface area contributed by atoms with Gasteiger partial charge in [-0.2, -0.15) is 0 Å². The van der Waals surface area contributed by atoms with Gasteiger partial charge in [-0.05, 0) is 30.7 Å². The number of aryl methyl sites for hydroxylation is 1. The van der Waals surface area contributed by atoms with Crippen LogP contribution in [0.5, 0.6) is 5.75 Å². The van der Waals surface area contributed by atoms with Gasteiger partial charge in [-0.25, -0.2) is 4.39 Å². The van der Waals surface area contributed by atoms with Gasteiger partial charge in [-0.1, -0.05) is 23.8 Å². The number of carbonyl (C=O) groups excluding carboxylic acids is 2. The lowest BCUT2D eigenvalue weighted by Gasteiger charge is -2.29. The predicted molar refractivity (Wildman–Crippen MR) is 96.6 cm³/mol. The van der Waals surface area contributed by atoms with E-state index in [0.29, 0.717) is 23.5 Å². The van der Waals surface area contributed by atoms with Gasteiger partial charge < -0.3 is 15.0 Å². The summed E-state index contributed by atoms with van der Waals surface area (Å²) in [6.45, 7) is 2.33. The second-order valence-corrected chi connectivity index (χ2v) is 6.55. The highest BCUT2D eigenvalue weighted by Crippen LogP contribution is 2.34. The lowest BCUT2D eigenvalue weighted by atomic mass is 9.89. The van der Waals surface area contributed by atoms with E-state index < -0.39 is 11.7 Å². The number of amides is 2. The average Bonchev–Trinajstić information content (AvgIpc) is 2.60. The van der Waals surface area contributed by atoms with Gasteiger partial charge in [0.15, 0.2) is 0 Å². The van der Waals surface area contributed by atoms with E-state index >= 15 is 0 Å². The van der Waals surface area contributed by atoms with E-state index in [1.807, 2.05) is 25.1 Å². The van der Waals surface area contributed by atoms with Crippen LogP contribution in [0, 0.1) is 12.7 Å². The van der Waals surface area contributed by atoms with Gasteiger partial charge in [0.2, 0.25) is 11.8 Å². The standard InChI is InChI=1S/C20H21FN2O3/c1-12-4-7-18(26-3)13(8-12)11-23(2)20(25)16-10-19(24)22-17-9-14(21)5-6-15(16)17/h4-9,16H,10-11H2,1-3H3,(H,22,24)/t16-/m0/s1. The molecule has 0 saturated heterocycles. The molecule has 0 radical (unpaired) electrons. The molecule has 0 fully saturated rings. The normalized spacial score (nSPS) is 15.8. The summed E-state index contributed by atoms with van der Waals surface area (Å²) < 4.78 is 18.8. The number of benzene rings is 2. The number of methoxy groups -OCH3 is 1. The fourth-order valence-electron chi connectivity index (χ4n) is 3.29. The second-order valence-electron chi connectivity index (χ2n) is 6.55. The van der Waals surface area contributed by atoms with E-state index in [4.69, 9.17) is 4.74 Å². The molecular weight excluding hydrogens is 335 g/mol. The molecule has 0 bridgehead atoms. The lowest BCUT2D eigenvalue weighted by Crippen LogP contribution is -2.36. The molecule has 0 saturated carbocycles. The van der Waals surface area contributed by atoms with E-state index in [2.05, 4.69) is 5.32 Å². The Morgan fingerprint density at radius 1 is 1.31 bits per heavy atom. The molecule has 2 amide bonds. The molecule has 1 heterocycles. The van der Waals surface area contributed by atoms with E-state index in [-0.39, 0.29) is 18.2 Å². The van der Waals surface area contributed by atoms with Crippen LogP contribution in [0.15, 0.2) is 36.4 Å². The molecule has 2 aromatic carbocycles. The summed E-state index contributed by atoms with van der Waals surface area (Å²) in [6, 6.07) is 9.90. The van der Waals surface area contributed by atoms with Gasteiger partial charge in [0.25, 0.3) is 0 Å². The Balaban J connectivity index is 1.86. The Bertz CT molecular complexity index is 866. The maximum Gasteiger partial charge on any atom is 0.230 e. The molecule has 0 spiro atoms. The maximum absolute atomic E-state index is 13.5. The van der Waals surface area contributed by atoms with Gasteiger partial charge in [0, 0.05) is 31.3 Å². The first kappa shape index (κ1) is 17.9. The number of nitrogens with one attached hydrogen (secondary N) is 1. The monoisotopic (exact) mass is 356 g/mol. The van der Waals surface area contributed by atoms with Crippen molar-refractivity contribution in [3.63, 3.8) is 0 Å². The Hall–Kier alpha value is -2.89. The van der Waals surface area contributed by atoms with Crippen molar-refractivity contribution in [1.82, 2.24) is 4.90 Å². The summed E-state index contributed by atoms with van der Waals surface area (Å²) in [6.07, 6.45) is 0.0484. The minimum Gasteiger partial charge on any atom is -0.496 e. The first-order chi connectivity index (χ1) is 12.4. The minimum absolute atomic E-state index is 0.0484. The summed E-state index contributed by atoms with van der Waals surface area (Å²) in [5.41, 5.74) is 2.96. The van der Waals surface area contributed by atoms with Crippen LogP contribution >= 0.6 is 0 Å². The van der Waals surface area contributed by atoms with Crippen LogP contribution in [-0.2, 0) is 16.1 Å². The Morgan fingerprint density at radius 3 is 2.81 bits per heavy atom. The number of likely N-dealkylation sites (N-methyl/N-ethyl adjacent to an activating group) is 1. The first-order valence-electron chi connectivity index (χ1n) is 8.37. The molecule has 0 aliphatic carbocycles. The molecule has 1 aliphatic rings. The van der Waals surface area contributed by atoms with Crippen LogP contribution in [-0.4, -0.2) is 30.9 Å². The van der Waals surface area contributed by atoms with Gasteiger partial charge in [0.1, 0.15) is 11.6 Å². The van der Waals surface area contributed by atoms with Gasteiger partial charge >= 0.3 is 0 Å². The molecule has 0 unspecified atom stereocenters. The van der Waals surface area contributed by atoms with Crippen molar-refractivity contribution >= 4 is 17.5 Å². The highest BCUT2D eigenvalue weighted by molar-refractivity contribution is 6.01. The highest BCUT2D eigenvalue weighted by Gasteiger charge is 2.32. The van der Waals surface area contributed by atoms with Crippen molar-refractivity contribution in [2.45, 2.75) is 25.8 Å². The lowest BCUT2D eigenvalue weighted by molar-refractivity contribution is -0.134. The Morgan fingerprint density at radius 2 is 2.08 bits per heavy atom. The molecule has 6 heteroatoms. The van der Waals surface area contributed by atoms with Crippen LogP contribution in [0.2, 0.25) is 0 Å². The summed E-state index contributed by atoms with van der Waals surface area (Å²) in [5, 5.41) is 2.63. The smallest absolute Gasteiger partial charge is 0.230 e. The van der Waals surface area contributed by atoms with Crippen molar-refractivity contribution in [3.05, 3.63) is 58.9 Å². The summed E-state index contributed by atoms with van der Waals surface area (Å²) in [7, 11) is 3.28. The SMILES string of the molecule is COc1ccc(C)cc1CN(C)C(=O)[C@H]1CC(=O)Nc2cc(F)ccc21. The van der Waals surface area contributed by atoms with Gasteiger partial charge in [0.05, 0.1) is 13.0 Å². The molecule has 1 atom stereocenters.